The van der Waals surface area contributed by atoms with Crippen molar-refractivity contribution in [1.29, 1.82) is 0 Å². The van der Waals surface area contributed by atoms with Gasteiger partial charge in [-0.1, -0.05) is 67.4 Å². The van der Waals surface area contributed by atoms with Crippen molar-refractivity contribution in [1.82, 2.24) is 0 Å². The van der Waals surface area contributed by atoms with Gasteiger partial charge in [-0.05, 0) is 41.7 Å². The van der Waals surface area contributed by atoms with Crippen LogP contribution in [0.25, 0.3) is 0 Å². The first kappa shape index (κ1) is 13.1. The maximum atomic E-state index is 3.70. The number of benzene rings is 1. The lowest BCUT2D eigenvalue weighted by atomic mass is 9.71. The monoisotopic (exact) mass is 294 g/mol. The maximum absolute atomic E-state index is 3.70. The van der Waals surface area contributed by atoms with E-state index in [1.807, 2.05) is 0 Å². The molecule has 2 rings (SSSR count). The normalized spacial score (nSPS) is 18.8. The summed E-state index contributed by atoms with van der Waals surface area (Å²) >= 11 is 3.70. The quantitative estimate of drug-likeness (QED) is 0.652. The maximum Gasteiger partial charge on any atom is 0.0125 e. The molecule has 17 heavy (non-hydrogen) atoms. The highest BCUT2D eigenvalue weighted by molar-refractivity contribution is 9.09. The Morgan fingerprint density at radius 2 is 1.94 bits per heavy atom. The molecule has 1 atom stereocenters. The zero-order chi connectivity index (χ0) is 12.5. The summed E-state index contributed by atoms with van der Waals surface area (Å²) in [4.78, 5) is 0.576. The molecule has 94 valence electrons. The Morgan fingerprint density at radius 3 is 2.47 bits per heavy atom. The zero-order valence-corrected chi connectivity index (χ0v) is 12.8. The van der Waals surface area contributed by atoms with E-state index in [-0.39, 0.29) is 5.41 Å². The van der Waals surface area contributed by atoms with E-state index in [1.165, 1.54) is 25.7 Å². The Hall–Kier alpha value is -0.300. The van der Waals surface area contributed by atoms with E-state index >= 15 is 0 Å². The largest absolute Gasteiger partial charge is 0.0893 e. The fraction of sp³-hybridized carbons (Fsp3) is 0.625. The van der Waals surface area contributed by atoms with Crippen LogP contribution in [0.15, 0.2) is 24.3 Å². The van der Waals surface area contributed by atoms with Gasteiger partial charge in [0.1, 0.15) is 0 Å². The fourth-order valence-electron chi connectivity index (χ4n) is 3.00. The van der Waals surface area contributed by atoms with E-state index in [1.54, 1.807) is 11.1 Å². The smallest absolute Gasteiger partial charge is 0.0125 e. The van der Waals surface area contributed by atoms with E-state index in [0.29, 0.717) is 4.83 Å². The van der Waals surface area contributed by atoms with Crippen molar-refractivity contribution in [2.45, 2.75) is 62.6 Å². The minimum atomic E-state index is 0.273. The molecule has 0 N–H and O–H groups in total. The predicted molar refractivity (Wildman–Crippen MR) is 79.1 cm³/mol. The van der Waals surface area contributed by atoms with Gasteiger partial charge in [0.05, 0.1) is 0 Å². The first-order valence-corrected chi connectivity index (χ1v) is 7.66. The molecule has 1 saturated carbocycles. The SMILES string of the molecule is CC(Br)CC(C)(C)c1ccccc1C1CCC1. The molecular weight excluding hydrogens is 272 g/mol. The van der Waals surface area contributed by atoms with Crippen LogP contribution >= 0.6 is 15.9 Å². The van der Waals surface area contributed by atoms with Crippen LogP contribution in [0.2, 0.25) is 0 Å². The molecule has 0 bridgehead atoms. The molecule has 0 saturated heterocycles. The topological polar surface area (TPSA) is 0 Å². The van der Waals surface area contributed by atoms with Crippen LogP contribution in [0.4, 0.5) is 0 Å². The van der Waals surface area contributed by atoms with Gasteiger partial charge in [0, 0.05) is 4.83 Å². The summed E-state index contributed by atoms with van der Waals surface area (Å²) in [6.45, 7) is 7.00. The number of hydrogen-bond acceptors (Lipinski definition) is 0. The Morgan fingerprint density at radius 1 is 1.29 bits per heavy atom. The summed E-state index contributed by atoms with van der Waals surface area (Å²) in [5.74, 6) is 0.830. The van der Waals surface area contributed by atoms with Crippen LogP contribution in [0.5, 0.6) is 0 Å². The van der Waals surface area contributed by atoms with Gasteiger partial charge in [-0.3, -0.25) is 0 Å². The first-order chi connectivity index (χ1) is 8.00. The number of halogens is 1. The molecule has 0 amide bonds. The lowest BCUT2D eigenvalue weighted by Crippen LogP contribution is -2.24. The highest BCUT2D eigenvalue weighted by Crippen LogP contribution is 2.42. The first-order valence-electron chi connectivity index (χ1n) is 6.74. The number of hydrogen-bond donors (Lipinski definition) is 0. The standard InChI is InChI=1S/C16H23Br/c1-12(17)11-16(2,3)15-10-5-4-9-14(15)13-7-6-8-13/h4-5,9-10,12-13H,6-8,11H2,1-3H3. The van der Waals surface area contributed by atoms with Crippen LogP contribution < -0.4 is 0 Å². The molecule has 0 nitrogen and oxygen atoms in total. The zero-order valence-electron chi connectivity index (χ0n) is 11.2. The molecule has 1 aliphatic rings. The lowest BCUT2D eigenvalue weighted by molar-refractivity contribution is 0.402. The summed E-state index contributed by atoms with van der Waals surface area (Å²) in [7, 11) is 0. The predicted octanol–water partition coefficient (Wildman–Crippen LogP) is 5.41. The fourth-order valence-corrected chi connectivity index (χ4v) is 3.81. The minimum absolute atomic E-state index is 0.273. The lowest BCUT2D eigenvalue weighted by Gasteiger charge is -2.34. The van der Waals surface area contributed by atoms with Crippen LogP contribution in [0.1, 0.15) is 63.5 Å². The van der Waals surface area contributed by atoms with Crippen molar-refractivity contribution in [2.24, 2.45) is 0 Å². The van der Waals surface area contributed by atoms with Crippen LogP contribution in [0, 0.1) is 0 Å². The van der Waals surface area contributed by atoms with Gasteiger partial charge in [-0.25, -0.2) is 0 Å². The van der Waals surface area contributed by atoms with Gasteiger partial charge in [0.2, 0.25) is 0 Å². The summed E-state index contributed by atoms with van der Waals surface area (Å²) in [5, 5.41) is 0. The average molecular weight is 295 g/mol. The van der Waals surface area contributed by atoms with Gasteiger partial charge in [-0.15, -0.1) is 0 Å². The highest BCUT2D eigenvalue weighted by atomic mass is 79.9. The molecule has 1 heteroatoms. The summed E-state index contributed by atoms with van der Waals surface area (Å²) in [6.07, 6.45) is 5.37. The summed E-state index contributed by atoms with van der Waals surface area (Å²) in [5.41, 5.74) is 3.45. The van der Waals surface area contributed by atoms with E-state index < -0.39 is 0 Å². The van der Waals surface area contributed by atoms with Crippen molar-refractivity contribution in [3.63, 3.8) is 0 Å². The van der Waals surface area contributed by atoms with Gasteiger partial charge in [0.25, 0.3) is 0 Å². The molecule has 0 aromatic heterocycles. The van der Waals surface area contributed by atoms with Gasteiger partial charge in [0.15, 0.2) is 0 Å². The minimum Gasteiger partial charge on any atom is -0.0893 e. The molecule has 0 heterocycles. The third-order valence-corrected chi connectivity index (χ3v) is 4.35. The summed E-state index contributed by atoms with van der Waals surface area (Å²) < 4.78 is 0. The van der Waals surface area contributed by atoms with E-state index in [9.17, 15) is 0 Å². The van der Waals surface area contributed by atoms with E-state index in [0.717, 1.165) is 5.92 Å². The molecule has 1 aliphatic carbocycles. The molecule has 1 unspecified atom stereocenters. The molecule has 0 aliphatic heterocycles. The Bertz CT molecular complexity index is 375. The van der Waals surface area contributed by atoms with Crippen molar-refractivity contribution in [2.75, 3.05) is 0 Å². The van der Waals surface area contributed by atoms with Crippen LogP contribution in [-0.4, -0.2) is 4.83 Å². The molecule has 0 spiro atoms. The van der Waals surface area contributed by atoms with E-state index in [2.05, 4.69) is 61.0 Å². The van der Waals surface area contributed by atoms with E-state index in [4.69, 9.17) is 0 Å². The van der Waals surface area contributed by atoms with Crippen molar-refractivity contribution in [3.8, 4) is 0 Å². The second-order valence-electron chi connectivity index (χ2n) is 6.08. The van der Waals surface area contributed by atoms with Crippen molar-refractivity contribution in [3.05, 3.63) is 35.4 Å². The van der Waals surface area contributed by atoms with Gasteiger partial charge in [-0.2, -0.15) is 0 Å². The van der Waals surface area contributed by atoms with Gasteiger partial charge < -0.3 is 0 Å². The Labute approximate surface area is 114 Å². The van der Waals surface area contributed by atoms with Gasteiger partial charge >= 0.3 is 0 Å². The molecule has 0 radical (unpaired) electrons. The Kier molecular flexibility index (Phi) is 3.97. The molecule has 1 aromatic rings. The average Bonchev–Trinajstić information content (AvgIpc) is 2.13. The molecule has 1 aromatic carbocycles. The highest BCUT2D eigenvalue weighted by Gasteiger charge is 2.29. The Balaban J connectivity index is 2.30. The molecular formula is C16H23Br. The van der Waals surface area contributed by atoms with Crippen LogP contribution in [0.3, 0.4) is 0 Å². The van der Waals surface area contributed by atoms with Crippen LogP contribution in [-0.2, 0) is 5.41 Å². The second kappa shape index (κ2) is 5.14. The third-order valence-electron chi connectivity index (χ3n) is 4.03. The number of rotatable bonds is 4. The third kappa shape index (κ3) is 2.93. The van der Waals surface area contributed by atoms with Crippen molar-refractivity contribution >= 4 is 15.9 Å². The second-order valence-corrected chi connectivity index (χ2v) is 7.65. The summed E-state index contributed by atoms with van der Waals surface area (Å²) in [6, 6.07) is 9.08. The van der Waals surface area contributed by atoms with Crippen molar-refractivity contribution < 1.29 is 0 Å². The number of alkyl halides is 1. The molecule has 1 fully saturated rings.